The summed E-state index contributed by atoms with van der Waals surface area (Å²) >= 11 is 0. The van der Waals surface area contributed by atoms with Crippen molar-refractivity contribution in [3.8, 4) is 22.4 Å². The molecular weight excluding hydrogens is 516 g/mol. The molecule has 9 nitrogen and oxygen atoms in total. The van der Waals surface area contributed by atoms with Gasteiger partial charge in [0.05, 0.1) is 24.3 Å². The number of halogens is 4. The van der Waals surface area contributed by atoms with Crippen LogP contribution in [0, 0.1) is 6.92 Å². The van der Waals surface area contributed by atoms with E-state index >= 15 is 0 Å². The number of nitrogens with zero attached hydrogens (tertiary/aromatic N) is 8. The van der Waals surface area contributed by atoms with E-state index in [1.54, 1.807) is 17.1 Å². The van der Waals surface area contributed by atoms with Crippen LogP contribution in [0.3, 0.4) is 0 Å². The number of carbonyl (C=O) groups excluding carboxylic acids is 1. The van der Waals surface area contributed by atoms with Crippen LogP contribution in [0.5, 0.6) is 0 Å². The molecule has 0 saturated carbocycles. The third-order valence-electron chi connectivity index (χ3n) is 6.79. The smallest absolute Gasteiger partial charge is 0.332 e. The van der Waals surface area contributed by atoms with Gasteiger partial charge in [0.2, 0.25) is 0 Å². The first-order valence-corrected chi connectivity index (χ1v) is 12.2. The normalized spacial score (nSPS) is 14.3. The van der Waals surface area contributed by atoms with Crippen molar-refractivity contribution >= 4 is 16.9 Å². The van der Waals surface area contributed by atoms with Gasteiger partial charge in [-0.2, -0.15) is 23.4 Å². The highest BCUT2D eigenvalue weighted by Crippen LogP contribution is 2.38. The highest BCUT2D eigenvalue weighted by molar-refractivity contribution is 5.99. The van der Waals surface area contributed by atoms with E-state index in [-0.39, 0.29) is 19.1 Å². The first-order chi connectivity index (χ1) is 18.5. The van der Waals surface area contributed by atoms with Crippen molar-refractivity contribution in [2.24, 2.45) is 0 Å². The minimum absolute atomic E-state index is 0.193. The van der Waals surface area contributed by atoms with Crippen molar-refractivity contribution in [2.45, 2.75) is 25.7 Å². The van der Waals surface area contributed by atoms with Gasteiger partial charge in [0.25, 0.3) is 5.91 Å². The van der Waals surface area contributed by atoms with Crippen molar-refractivity contribution in [3.05, 3.63) is 60.6 Å². The fourth-order valence-corrected chi connectivity index (χ4v) is 4.62. The van der Waals surface area contributed by atoms with E-state index in [2.05, 4.69) is 26.5 Å². The Morgan fingerprint density at radius 3 is 2.49 bits per heavy atom. The molecule has 0 spiro atoms. The third-order valence-corrected chi connectivity index (χ3v) is 6.79. The topological polar surface area (TPSA) is 85.0 Å². The second-order valence-electron chi connectivity index (χ2n) is 9.72. The van der Waals surface area contributed by atoms with Crippen LogP contribution in [0.2, 0.25) is 0 Å². The van der Waals surface area contributed by atoms with Gasteiger partial charge in [-0.3, -0.25) is 24.1 Å². The first kappa shape index (κ1) is 26.5. The maximum Gasteiger partial charge on any atom is 0.433 e. The van der Waals surface area contributed by atoms with Crippen molar-refractivity contribution in [3.63, 3.8) is 0 Å². The number of amides is 1. The van der Waals surface area contributed by atoms with Crippen molar-refractivity contribution < 1.29 is 22.4 Å². The Morgan fingerprint density at radius 2 is 1.87 bits per heavy atom. The van der Waals surface area contributed by atoms with Crippen molar-refractivity contribution in [1.82, 2.24) is 39.3 Å². The molecular formula is C26H26F4N8O. The fraction of sp³-hybridized carbons (Fsp3) is 0.346. The molecule has 0 bridgehead atoms. The summed E-state index contributed by atoms with van der Waals surface area (Å²) in [7, 11) is 3.96. The van der Waals surface area contributed by atoms with Gasteiger partial charge in [0, 0.05) is 54.4 Å². The lowest BCUT2D eigenvalue weighted by Crippen LogP contribution is -2.51. The van der Waals surface area contributed by atoms with Gasteiger partial charge in [0.1, 0.15) is 16.9 Å². The Morgan fingerprint density at radius 1 is 1.13 bits per heavy atom. The van der Waals surface area contributed by atoms with Gasteiger partial charge in [-0.1, -0.05) is 6.58 Å². The summed E-state index contributed by atoms with van der Waals surface area (Å²) in [6.45, 7) is 6.90. The van der Waals surface area contributed by atoms with E-state index in [1.807, 2.05) is 31.8 Å². The average Bonchev–Trinajstić information content (AvgIpc) is 3.42. The molecule has 204 valence electrons. The maximum absolute atomic E-state index is 13.4. The zero-order valence-corrected chi connectivity index (χ0v) is 21.6. The van der Waals surface area contributed by atoms with Crippen LogP contribution in [0.4, 0.5) is 17.6 Å². The Kier molecular flexibility index (Phi) is 6.70. The molecule has 1 aliphatic rings. The summed E-state index contributed by atoms with van der Waals surface area (Å²) in [4.78, 5) is 23.5. The minimum atomic E-state index is -4.57. The van der Waals surface area contributed by atoms with Gasteiger partial charge < -0.3 is 9.80 Å². The van der Waals surface area contributed by atoms with E-state index in [1.165, 1.54) is 11.0 Å². The van der Waals surface area contributed by atoms with E-state index in [0.29, 0.717) is 28.8 Å². The highest BCUT2D eigenvalue weighted by Gasteiger charge is 2.36. The average molecular weight is 543 g/mol. The molecule has 1 saturated heterocycles. The summed E-state index contributed by atoms with van der Waals surface area (Å²) in [5.74, 6) is -1.83. The van der Waals surface area contributed by atoms with Gasteiger partial charge >= 0.3 is 6.18 Å². The third kappa shape index (κ3) is 4.89. The van der Waals surface area contributed by atoms with Crippen LogP contribution in [0.25, 0.3) is 33.4 Å². The lowest BCUT2D eigenvalue weighted by atomic mass is 10.0. The molecule has 5 heterocycles. The molecule has 4 aromatic heterocycles. The van der Waals surface area contributed by atoms with Gasteiger partial charge in [-0.05, 0) is 39.2 Å². The summed E-state index contributed by atoms with van der Waals surface area (Å²) in [6.07, 6.45) is -0.0688. The molecule has 1 fully saturated rings. The zero-order valence-electron chi connectivity index (χ0n) is 21.6. The van der Waals surface area contributed by atoms with Crippen LogP contribution in [-0.2, 0) is 17.5 Å². The standard InChI is InChI=1S/C26H26F4N8O/c1-15(27)25(39)36-13-18(14-36)38-24-19(20-12-33-37(16(20)2)10-9-35(3)4)7-8-31-23(24)22(34-38)17-5-6-21(32-11-17)26(28,29)30/h5-8,11-12,18H,1,9-10,13-14H2,2-4H3. The molecule has 13 heteroatoms. The zero-order chi connectivity index (χ0) is 28.1. The van der Waals surface area contributed by atoms with Crippen molar-refractivity contribution in [1.29, 1.82) is 0 Å². The summed E-state index contributed by atoms with van der Waals surface area (Å²) < 4.78 is 56.4. The number of aromatic nitrogens is 6. The predicted molar refractivity (Wildman–Crippen MR) is 136 cm³/mol. The molecule has 0 aliphatic carbocycles. The Balaban J connectivity index is 1.62. The van der Waals surface area contributed by atoms with Gasteiger partial charge in [-0.15, -0.1) is 0 Å². The number of hydrogen-bond acceptors (Lipinski definition) is 6. The SMILES string of the molecule is C=C(F)C(=O)N1CC(n2nc(-c3ccc(C(F)(F)F)nc3)c3nccc(-c4cnn(CCN(C)C)c4C)c32)C1. The highest BCUT2D eigenvalue weighted by atomic mass is 19.4. The monoisotopic (exact) mass is 542 g/mol. The van der Waals surface area contributed by atoms with Crippen LogP contribution >= 0.6 is 0 Å². The van der Waals surface area contributed by atoms with E-state index in [0.717, 1.165) is 35.6 Å². The number of likely N-dealkylation sites (tertiary alicyclic amines) is 1. The molecule has 0 radical (unpaired) electrons. The number of pyridine rings is 2. The Labute approximate surface area is 221 Å². The summed E-state index contributed by atoms with van der Waals surface area (Å²) in [6, 6.07) is 3.74. The van der Waals surface area contributed by atoms with Gasteiger partial charge in [-0.25, -0.2) is 4.39 Å². The molecule has 0 aromatic carbocycles. The molecule has 4 aromatic rings. The molecule has 1 amide bonds. The number of likely N-dealkylation sites (N-methyl/N-ethyl adjacent to an activating group) is 1. The van der Waals surface area contributed by atoms with Crippen molar-refractivity contribution in [2.75, 3.05) is 33.7 Å². The van der Waals surface area contributed by atoms with Crippen LogP contribution in [0.15, 0.2) is 49.2 Å². The van der Waals surface area contributed by atoms with Crippen LogP contribution in [-0.4, -0.2) is 79.0 Å². The summed E-state index contributed by atoms with van der Waals surface area (Å²) in [5.41, 5.74) is 3.37. The predicted octanol–water partition coefficient (Wildman–Crippen LogP) is 4.11. The first-order valence-electron chi connectivity index (χ1n) is 12.2. The molecule has 1 aliphatic heterocycles. The molecule has 39 heavy (non-hydrogen) atoms. The number of hydrogen-bond donors (Lipinski definition) is 0. The second kappa shape index (κ2) is 9.88. The largest absolute Gasteiger partial charge is 0.433 e. The lowest BCUT2D eigenvalue weighted by molar-refractivity contribution is -0.141. The molecule has 0 N–H and O–H groups in total. The van der Waals surface area contributed by atoms with Gasteiger partial charge in [0.15, 0.2) is 5.83 Å². The Hall–Kier alpha value is -4.13. The molecule has 5 rings (SSSR count). The van der Waals surface area contributed by atoms with Crippen LogP contribution < -0.4 is 0 Å². The number of fused-ring (bicyclic) bond motifs is 1. The lowest BCUT2D eigenvalue weighted by Gasteiger charge is -2.39. The van der Waals surface area contributed by atoms with E-state index in [9.17, 15) is 22.4 Å². The fourth-order valence-electron chi connectivity index (χ4n) is 4.62. The second-order valence-corrected chi connectivity index (χ2v) is 9.72. The van der Waals surface area contributed by atoms with E-state index in [4.69, 9.17) is 5.10 Å². The number of carbonyl (C=O) groups is 1. The molecule has 0 unspecified atom stereocenters. The quantitative estimate of drug-likeness (QED) is 0.258. The number of alkyl halides is 3. The maximum atomic E-state index is 13.4. The van der Waals surface area contributed by atoms with E-state index < -0.39 is 23.6 Å². The minimum Gasteiger partial charge on any atom is -0.332 e. The van der Waals surface area contributed by atoms with Crippen LogP contribution in [0.1, 0.15) is 17.4 Å². The Bertz CT molecular complexity index is 1550. The molecule has 0 atom stereocenters. The summed E-state index contributed by atoms with van der Waals surface area (Å²) in [5, 5.41) is 9.29. The number of rotatable bonds is 7.